The maximum absolute atomic E-state index is 11.5. The van der Waals surface area contributed by atoms with Crippen molar-refractivity contribution in [3.05, 3.63) is 23.7 Å². The first kappa shape index (κ1) is 11.4. The summed E-state index contributed by atoms with van der Waals surface area (Å²) in [6.45, 7) is 0. The number of carbonyl (C=O) groups is 1. The van der Waals surface area contributed by atoms with Gasteiger partial charge in [0, 0.05) is 25.7 Å². The van der Waals surface area contributed by atoms with Gasteiger partial charge in [-0.05, 0) is 37.8 Å². The van der Waals surface area contributed by atoms with Gasteiger partial charge in [-0.15, -0.1) is 0 Å². The van der Waals surface area contributed by atoms with Crippen molar-refractivity contribution in [1.29, 1.82) is 0 Å². The topological polar surface area (TPSA) is 30.2 Å². The van der Waals surface area contributed by atoms with Gasteiger partial charge in [-0.1, -0.05) is 6.42 Å². The summed E-state index contributed by atoms with van der Waals surface area (Å²) >= 11 is 0. The van der Waals surface area contributed by atoms with E-state index < -0.39 is 0 Å². The first-order chi connectivity index (χ1) is 7.84. The van der Waals surface area contributed by atoms with Crippen molar-refractivity contribution in [2.45, 2.75) is 57.8 Å². The van der Waals surface area contributed by atoms with Crippen LogP contribution in [0.5, 0.6) is 0 Å². The van der Waals surface area contributed by atoms with Gasteiger partial charge in [0.15, 0.2) is 0 Å². The van der Waals surface area contributed by atoms with Crippen LogP contribution in [-0.2, 0) is 17.6 Å². The minimum Gasteiger partial charge on any atom is -0.466 e. The number of carbonyl (C=O) groups excluding carboxylic acids is 1. The standard InChI is InChI=1S/C14H20O2/c15-12-6-2-1-3-8-13-10-11-14(16-13)9-5-4-7-12/h10-11H,1-9H2. The molecule has 0 N–H and O–H groups in total. The third kappa shape index (κ3) is 3.51. The van der Waals surface area contributed by atoms with Crippen molar-refractivity contribution in [2.75, 3.05) is 0 Å². The van der Waals surface area contributed by atoms with Crippen LogP contribution in [0.1, 0.15) is 56.5 Å². The molecule has 0 spiro atoms. The summed E-state index contributed by atoms with van der Waals surface area (Å²) in [6.07, 6.45) is 8.94. The number of fused-ring (bicyclic) bond motifs is 2. The summed E-state index contributed by atoms with van der Waals surface area (Å²) in [5, 5.41) is 0. The van der Waals surface area contributed by atoms with Crippen LogP contribution in [0, 0.1) is 0 Å². The molecule has 2 nitrogen and oxygen atoms in total. The lowest BCUT2D eigenvalue weighted by atomic mass is 10.0. The van der Waals surface area contributed by atoms with Crippen molar-refractivity contribution in [1.82, 2.24) is 0 Å². The number of ketones is 1. The molecule has 0 saturated carbocycles. The number of rotatable bonds is 0. The van der Waals surface area contributed by atoms with Gasteiger partial charge in [0.2, 0.25) is 0 Å². The molecule has 0 saturated heterocycles. The minimum atomic E-state index is 0.443. The number of furan rings is 1. The molecule has 2 heterocycles. The van der Waals surface area contributed by atoms with E-state index >= 15 is 0 Å². The monoisotopic (exact) mass is 220 g/mol. The van der Waals surface area contributed by atoms with Gasteiger partial charge in [0.1, 0.15) is 17.3 Å². The maximum Gasteiger partial charge on any atom is 0.132 e. The Labute approximate surface area is 97.0 Å². The third-order valence-electron chi connectivity index (χ3n) is 3.22. The van der Waals surface area contributed by atoms with Crippen LogP contribution in [0.3, 0.4) is 0 Å². The van der Waals surface area contributed by atoms with Crippen LogP contribution >= 0.6 is 0 Å². The zero-order chi connectivity index (χ0) is 11.2. The summed E-state index contributed by atoms with van der Waals surface area (Å²) in [5.74, 6) is 2.64. The summed E-state index contributed by atoms with van der Waals surface area (Å²) in [7, 11) is 0. The molecule has 0 unspecified atom stereocenters. The quantitative estimate of drug-likeness (QED) is 0.667. The van der Waals surface area contributed by atoms with E-state index in [0.29, 0.717) is 5.78 Å². The SMILES string of the molecule is O=C1CCCCCc2ccc(o2)CCCC1. The molecule has 1 aromatic heterocycles. The first-order valence-corrected chi connectivity index (χ1v) is 6.44. The molecule has 16 heavy (non-hydrogen) atoms. The summed E-state index contributed by atoms with van der Waals surface area (Å²) < 4.78 is 5.74. The maximum atomic E-state index is 11.5. The predicted molar refractivity (Wildman–Crippen MR) is 63.4 cm³/mol. The van der Waals surface area contributed by atoms with Crippen LogP contribution in [0.2, 0.25) is 0 Å². The second kappa shape index (κ2) is 5.88. The lowest BCUT2D eigenvalue weighted by Crippen LogP contribution is -1.98. The smallest absolute Gasteiger partial charge is 0.132 e. The first-order valence-electron chi connectivity index (χ1n) is 6.44. The molecule has 0 aromatic carbocycles. The number of hydrogen-bond acceptors (Lipinski definition) is 2. The third-order valence-corrected chi connectivity index (χ3v) is 3.22. The highest BCUT2D eigenvalue weighted by molar-refractivity contribution is 5.78. The van der Waals surface area contributed by atoms with Crippen LogP contribution in [0.4, 0.5) is 0 Å². The molecule has 0 amide bonds. The van der Waals surface area contributed by atoms with Gasteiger partial charge in [0.05, 0.1) is 0 Å². The fraction of sp³-hybridized carbons (Fsp3) is 0.643. The molecule has 0 fully saturated rings. The highest BCUT2D eigenvalue weighted by atomic mass is 16.3. The van der Waals surface area contributed by atoms with Crippen molar-refractivity contribution < 1.29 is 9.21 Å². The zero-order valence-corrected chi connectivity index (χ0v) is 9.84. The van der Waals surface area contributed by atoms with Gasteiger partial charge in [-0.25, -0.2) is 0 Å². The fourth-order valence-electron chi connectivity index (χ4n) is 2.24. The van der Waals surface area contributed by atoms with Gasteiger partial charge in [0.25, 0.3) is 0 Å². The summed E-state index contributed by atoms with van der Waals surface area (Å²) in [4.78, 5) is 11.5. The highest BCUT2D eigenvalue weighted by Crippen LogP contribution is 2.16. The van der Waals surface area contributed by atoms with Gasteiger partial charge < -0.3 is 4.42 Å². The molecule has 0 atom stereocenters. The van der Waals surface area contributed by atoms with E-state index in [9.17, 15) is 4.79 Å². The molecule has 2 rings (SSSR count). The van der Waals surface area contributed by atoms with E-state index in [0.717, 1.165) is 69.3 Å². The second-order valence-electron chi connectivity index (χ2n) is 4.67. The van der Waals surface area contributed by atoms with Gasteiger partial charge >= 0.3 is 0 Å². The Morgan fingerprint density at radius 3 is 1.94 bits per heavy atom. The van der Waals surface area contributed by atoms with Crippen LogP contribution in [0.15, 0.2) is 16.5 Å². The molecule has 88 valence electrons. The predicted octanol–water partition coefficient (Wildman–Crippen LogP) is 3.68. The van der Waals surface area contributed by atoms with Crippen molar-refractivity contribution in [2.24, 2.45) is 0 Å². The second-order valence-corrected chi connectivity index (χ2v) is 4.67. The largest absolute Gasteiger partial charge is 0.466 e. The van der Waals surface area contributed by atoms with E-state index in [4.69, 9.17) is 4.42 Å². The van der Waals surface area contributed by atoms with E-state index in [1.807, 2.05) is 0 Å². The summed E-state index contributed by atoms with van der Waals surface area (Å²) in [5.41, 5.74) is 0. The van der Waals surface area contributed by atoms with E-state index in [-0.39, 0.29) is 0 Å². The normalized spacial score (nSPS) is 19.6. The molecular formula is C14H20O2. The molecule has 1 aromatic rings. The van der Waals surface area contributed by atoms with E-state index in [1.54, 1.807) is 0 Å². The Bertz CT molecular complexity index is 338. The number of Topliss-reactive ketones (excluding diaryl/α,β-unsaturated/α-hetero) is 1. The molecule has 2 heteroatoms. The highest BCUT2D eigenvalue weighted by Gasteiger charge is 2.06. The van der Waals surface area contributed by atoms with E-state index in [2.05, 4.69) is 12.1 Å². The molecule has 0 radical (unpaired) electrons. The van der Waals surface area contributed by atoms with Crippen molar-refractivity contribution >= 4 is 5.78 Å². The average molecular weight is 220 g/mol. The van der Waals surface area contributed by atoms with Crippen molar-refractivity contribution in [3.8, 4) is 0 Å². The molecule has 0 aliphatic carbocycles. The van der Waals surface area contributed by atoms with Gasteiger partial charge in [-0.2, -0.15) is 0 Å². The Balaban J connectivity index is 1.92. The number of aryl methyl sites for hydroxylation is 2. The fourth-order valence-corrected chi connectivity index (χ4v) is 2.24. The lowest BCUT2D eigenvalue weighted by Gasteiger charge is -2.00. The molecule has 2 bridgehead atoms. The lowest BCUT2D eigenvalue weighted by molar-refractivity contribution is -0.119. The number of hydrogen-bond donors (Lipinski definition) is 0. The Morgan fingerprint density at radius 1 is 0.750 bits per heavy atom. The summed E-state index contributed by atoms with van der Waals surface area (Å²) in [6, 6.07) is 4.19. The van der Waals surface area contributed by atoms with E-state index in [1.165, 1.54) is 0 Å². The van der Waals surface area contributed by atoms with Gasteiger partial charge in [-0.3, -0.25) is 4.79 Å². The molecule has 1 aliphatic rings. The Hall–Kier alpha value is -1.05. The Morgan fingerprint density at radius 2 is 1.25 bits per heavy atom. The Kier molecular flexibility index (Phi) is 4.20. The van der Waals surface area contributed by atoms with Crippen LogP contribution in [-0.4, -0.2) is 5.78 Å². The van der Waals surface area contributed by atoms with Crippen molar-refractivity contribution in [3.63, 3.8) is 0 Å². The minimum absolute atomic E-state index is 0.443. The van der Waals surface area contributed by atoms with Crippen LogP contribution in [0.25, 0.3) is 0 Å². The average Bonchev–Trinajstić information content (AvgIpc) is 2.72. The zero-order valence-electron chi connectivity index (χ0n) is 9.84. The van der Waals surface area contributed by atoms with Crippen LogP contribution < -0.4 is 0 Å². The molecule has 1 aliphatic heterocycles. The molecular weight excluding hydrogens is 200 g/mol.